The number of amides is 1. The number of benzene rings is 3. The maximum atomic E-state index is 11.5. The zero-order valence-corrected chi connectivity index (χ0v) is 30.0. The van der Waals surface area contributed by atoms with Crippen LogP contribution in [0.5, 0.6) is 11.6 Å². The summed E-state index contributed by atoms with van der Waals surface area (Å²) in [5.41, 5.74) is 7.65. The summed E-state index contributed by atoms with van der Waals surface area (Å²) in [6.45, 7) is 7.48. The first-order valence-electron chi connectivity index (χ1n) is 16.8. The summed E-state index contributed by atoms with van der Waals surface area (Å²) >= 11 is 14.3. The SMILES string of the molecule is COc1cc(-c2cccc(-c3cccc(-c4ccc(CNC[C@@H]5CCC(=O)N5)c(OC)n4)c3Cl)c2Cl)cc2c1CN(CCC(C)(C)O)CC2. The summed E-state index contributed by atoms with van der Waals surface area (Å²) in [5.74, 6) is 1.46. The molecule has 0 radical (unpaired) electrons. The average Bonchev–Trinajstić information content (AvgIpc) is 3.51. The Morgan fingerprint density at radius 2 is 1.69 bits per heavy atom. The third-order valence-corrected chi connectivity index (χ3v) is 10.3. The van der Waals surface area contributed by atoms with Crippen molar-refractivity contribution in [3.05, 3.63) is 87.4 Å². The standard InChI is InChI=1S/C39H44Cl2N4O4/c1-39(2,47)16-18-45-17-15-24-19-26(20-34(48-3)32(24)23-45)28-7-5-8-29(36(28)40)30-9-6-10-31(37(30)41)33-13-11-25(38(44-33)49-4)21-42-22-27-12-14-35(46)43-27/h5-11,13,19-20,27,42,47H,12,14-18,21-23H2,1-4H3,(H,43,46)/t27-/m0/s1. The van der Waals surface area contributed by atoms with Crippen LogP contribution >= 0.6 is 23.2 Å². The van der Waals surface area contributed by atoms with Gasteiger partial charge in [0, 0.05) is 78.6 Å². The number of halogens is 2. The van der Waals surface area contributed by atoms with Crippen LogP contribution in [0.3, 0.4) is 0 Å². The monoisotopic (exact) mass is 702 g/mol. The molecule has 0 unspecified atom stereocenters. The van der Waals surface area contributed by atoms with Gasteiger partial charge in [-0.1, -0.05) is 71.7 Å². The Labute approximate surface area is 298 Å². The van der Waals surface area contributed by atoms with Crippen LogP contribution in [0.2, 0.25) is 10.0 Å². The van der Waals surface area contributed by atoms with Crippen LogP contribution < -0.4 is 20.1 Å². The molecule has 1 saturated heterocycles. The molecule has 3 heterocycles. The molecule has 0 spiro atoms. The van der Waals surface area contributed by atoms with Crippen molar-refractivity contribution in [1.82, 2.24) is 20.5 Å². The van der Waals surface area contributed by atoms with Gasteiger partial charge in [-0.25, -0.2) is 4.98 Å². The van der Waals surface area contributed by atoms with Gasteiger partial charge in [-0.05, 0) is 56.4 Å². The molecule has 3 N–H and O–H groups in total. The average molecular weight is 704 g/mol. The summed E-state index contributed by atoms with van der Waals surface area (Å²) in [6.07, 6.45) is 3.02. The number of aromatic nitrogens is 1. The molecule has 8 nitrogen and oxygen atoms in total. The highest BCUT2D eigenvalue weighted by Gasteiger charge is 2.25. The molecule has 2 aliphatic rings. The van der Waals surface area contributed by atoms with E-state index in [2.05, 4.69) is 27.7 Å². The smallest absolute Gasteiger partial charge is 0.220 e. The Hall–Kier alpha value is -3.66. The number of pyridine rings is 1. The predicted molar refractivity (Wildman–Crippen MR) is 196 cm³/mol. The fourth-order valence-electron chi connectivity index (χ4n) is 6.69. The lowest BCUT2D eigenvalue weighted by atomic mass is 9.91. The van der Waals surface area contributed by atoms with E-state index in [1.54, 1.807) is 14.2 Å². The van der Waals surface area contributed by atoms with Crippen LogP contribution in [0.25, 0.3) is 33.5 Å². The number of hydrogen-bond acceptors (Lipinski definition) is 7. The van der Waals surface area contributed by atoms with Crippen LogP contribution in [0.4, 0.5) is 0 Å². The van der Waals surface area contributed by atoms with Gasteiger partial charge in [0.1, 0.15) is 5.75 Å². The van der Waals surface area contributed by atoms with Crippen LogP contribution in [-0.4, -0.2) is 66.4 Å². The maximum Gasteiger partial charge on any atom is 0.220 e. The van der Waals surface area contributed by atoms with Crippen molar-refractivity contribution in [3.8, 4) is 45.1 Å². The van der Waals surface area contributed by atoms with E-state index in [0.717, 1.165) is 71.6 Å². The highest BCUT2D eigenvalue weighted by Crippen LogP contribution is 2.44. The first kappa shape index (κ1) is 35.2. The molecule has 49 heavy (non-hydrogen) atoms. The minimum atomic E-state index is -0.693. The molecule has 1 atom stereocenters. The summed E-state index contributed by atoms with van der Waals surface area (Å²) in [7, 11) is 3.32. The van der Waals surface area contributed by atoms with E-state index in [1.165, 1.54) is 11.1 Å². The van der Waals surface area contributed by atoms with Gasteiger partial charge in [0.05, 0.1) is 35.6 Å². The molecule has 0 bridgehead atoms. The van der Waals surface area contributed by atoms with E-state index in [0.29, 0.717) is 47.6 Å². The third-order valence-electron chi connectivity index (χ3n) is 9.44. The van der Waals surface area contributed by atoms with Crippen molar-refractivity contribution >= 4 is 29.1 Å². The van der Waals surface area contributed by atoms with Gasteiger partial charge < -0.3 is 25.2 Å². The number of methoxy groups -OCH3 is 2. The molecule has 3 aromatic carbocycles. The summed E-state index contributed by atoms with van der Waals surface area (Å²) in [4.78, 5) is 18.7. The number of carbonyl (C=O) groups excluding carboxylic acids is 1. The highest BCUT2D eigenvalue weighted by atomic mass is 35.5. The fourth-order valence-corrected chi connectivity index (χ4v) is 7.35. The zero-order chi connectivity index (χ0) is 34.7. The number of fused-ring (bicyclic) bond motifs is 1. The van der Waals surface area contributed by atoms with E-state index in [9.17, 15) is 9.90 Å². The van der Waals surface area contributed by atoms with E-state index < -0.39 is 5.60 Å². The topological polar surface area (TPSA) is 96.0 Å². The lowest BCUT2D eigenvalue weighted by molar-refractivity contribution is -0.119. The minimum absolute atomic E-state index is 0.105. The summed E-state index contributed by atoms with van der Waals surface area (Å²) in [5, 5.41) is 17.8. The lowest BCUT2D eigenvalue weighted by Gasteiger charge is -2.32. The second-order valence-electron chi connectivity index (χ2n) is 13.5. The van der Waals surface area contributed by atoms with Crippen LogP contribution in [-0.2, 0) is 24.3 Å². The van der Waals surface area contributed by atoms with Crippen molar-refractivity contribution in [1.29, 1.82) is 0 Å². The van der Waals surface area contributed by atoms with Gasteiger partial charge >= 0.3 is 0 Å². The minimum Gasteiger partial charge on any atom is -0.496 e. The molecule has 10 heteroatoms. The number of ether oxygens (including phenoxy) is 2. The largest absolute Gasteiger partial charge is 0.496 e. The molecule has 6 rings (SSSR count). The molecule has 258 valence electrons. The number of nitrogens with zero attached hydrogens (tertiary/aromatic N) is 2. The summed E-state index contributed by atoms with van der Waals surface area (Å²) < 4.78 is 11.6. The second-order valence-corrected chi connectivity index (χ2v) is 14.3. The molecule has 1 aromatic heterocycles. The highest BCUT2D eigenvalue weighted by molar-refractivity contribution is 6.39. The Morgan fingerprint density at radius 3 is 2.37 bits per heavy atom. The Bertz CT molecular complexity index is 1820. The van der Waals surface area contributed by atoms with Crippen molar-refractivity contribution in [2.24, 2.45) is 0 Å². The van der Waals surface area contributed by atoms with Gasteiger partial charge in [-0.15, -0.1) is 0 Å². The van der Waals surface area contributed by atoms with Crippen molar-refractivity contribution in [3.63, 3.8) is 0 Å². The molecule has 0 saturated carbocycles. The van der Waals surface area contributed by atoms with Crippen molar-refractivity contribution in [2.75, 3.05) is 33.9 Å². The number of rotatable bonds is 12. The molecule has 0 aliphatic carbocycles. The normalized spacial score (nSPS) is 16.4. The summed E-state index contributed by atoms with van der Waals surface area (Å²) in [6, 6.07) is 20.3. The molecule has 1 fully saturated rings. The van der Waals surface area contributed by atoms with Gasteiger partial charge in [-0.2, -0.15) is 0 Å². The number of nitrogens with one attached hydrogen (secondary N) is 2. The van der Waals surface area contributed by atoms with Crippen LogP contribution in [0.1, 0.15) is 49.8 Å². The van der Waals surface area contributed by atoms with E-state index in [4.69, 9.17) is 37.7 Å². The third kappa shape index (κ3) is 8.05. The van der Waals surface area contributed by atoms with Crippen molar-refractivity contribution in [2.45, 2.75) is 64.3 Å². The van der Waals surface area contributed by atoms with Gasteiger partial charge in [0.25, 0.3) is 0 Å². The maximum absolute atomic E-state index is 11.5. The van der Waals surface area contributed by atoms with Gasteiger partial charge in [0.15, 0.2) is 0 Å². The van der Waals surface area contributed by atoms with Gasteiger partial charge in [0.2, 0.25) is 11.8 Å². The predicted octanol–water partition coefficient (Wildman–Crippen LogP) is 7.29. The van der Waals surface area contributed by atoms with E-state index in [-0.39, 0.29) is 11.9 Å². The van der Waals surface area contributed by atoms with Crippen LogP contribution in [0.15, 0.2) is 60.7 Å². The van der Waals surface area contributed by atoms with Crippen LogP contribution in [0, 0.1) is 0 Å². The molecule has 2 aliphatic heterocycles. The molecular weight excluding hydrogens is 659 g/mol. The number of carbonyl (C=O) groups is 1. The second kappa shape index (κ2) is 15.1. The van der Waals surface area contributed by atoms with E-state index >= 15 is 0 Å². The zero-order valence-electron chi connectivity index (χ0n) is 28.5. The Morgan fingerprint density at radius 1 is 0.980 bits per heavy atom. The lowest BCUT2D eigenvalue weighted by Crippen LogP contribution is -2.35. The first-order valence-corrected chi connectivity index (χ1v) is 17.6. The Kier molecular flexibility index (Phi) is 10.8. The van der Waals surface area contributed by atoms with Gasteiger partial charge in [-0.3, -0.25) is 9.69 Å². The number of aliphatic hydroxyl groups is 1. The quantitative estimate of drug-likeness (QED) is 0.143. The molecule has 1 amide bonds. The van der Waals surface area contributed by atoms with E-state index in [1.807, 2.05) is 62.4 Å². The molecule has 4 aromatic rings. The fraction of sp³-hybridized carbons (Fsp3) is 0.385. The molecular formula is C39H44Cl2N4O4. The first-order chi connectivity index (χ1) is 23.5. The van der Waals surface area contributed by atoms with Crippen molar-refractivity contribution < 1.29 is 19.4 Å². The number of hydrogen-bond donors (Lipinski definition) is 3. The Balaban J connectivity index is 1.25.